The molecule has 0 aliphatic rings. The van der Waals surface area contributed by atoms with Crippen LogP contribution in [0.15, 0.2) is 60.8 Å². The maximum Gasteiger partial charge on any atom is 0.306 e. The van der Waals surface area contributed by atoms with Gasteiger partial charge in [0.1, 0.15) is 13.2 Å². The average Bonchev–Trinajstić information content (AvgIpc) is 3.26. The van der Waals surface area contributed by atoms with Crippen molar-refractivity contribution in [2.24, 2.45) is 0 Å². The molecular weight excluding hydrogens is 757 g/mol. The summed E-state index contributed by atoms with van der Waals surface area (Å²) < 4.78 is 16.8. The van der Waals surface area contributed by atoms with E-state index in [2.05, 4.69) is 81.5 Å². The van der Waals surface area contributed by atoms with Crippen LogP contribution in [0.4, 0.5) is 0 Å². The summed E-state index contributed by atoms with van der Waals surface area (Å²) in [4.78, 5) is 37.9. The van der Waals surface area contributed by atoms with Crippen LogP contribution in [-0.2, 0) is 28.6 Å². The first-order valence-electron chi connectivity index (χ1n) is 25.8. The van der Waals surface area contributed by atoms with Gasteiger partial charge in [0, 0.05) is 19.3 Å². The Morgan fingerprint density at radius 3 is 1.07 bits per heavy atom. The fourth-order valence-corrected chi connectivity index (χ4v) is 7.12. The first kappa shape index (κ1) is 58.1. The lowest BCUT2D eigenvalue weighted by molar-refractivity contribution is -0.167. The molecule has 6 nitrogen and oxygen atoms in total. The van der Waals surface area contributed by atoms with Gasteiger partial charge < -0.3 is 14.2 Å². The summed E-state index contributed by atoms with van der Waals surface area (Å²) in [5, 5.41) is 0. The fourth-order valence-electron chi connectivity index (χ4n) is 7.12. The van der Waals surface area contributed by atoms with Gasteiger partial charge in [-0.3, -0.25) is 14.4 Å². The third-order valence-electron chi connectivity index (χ3n) is 11.0. The van der Waals surface area contributed by atoms with E-state index in [0.29, 0.717) is 19.3 Å². The third kappa shape index (κ3) is 48.0. The minimum atomic E-state index is -0.784. The van der Waals surface area contributed by atoms with Crippen LogP contribution < -0.4 is 0 Å². The summed E-state index contributed by atoms with van der Waals surface area (Å²) in [6.45, 7) is 6.47. The number of esters is 3. The zero-order chi connectivity index (χ0) is 44.4. The van der Waals surface area contributed by atoms with Crippen LogP contribution in [-0.4, -0.2) is 37.2 Å². The number of hydrogen-bond donors (Lipinski definition) is 0. The van der Waals surface area contributed by atoms with Crippen molar-refractivity contribution in [3.63, 3.8) is 0 Å². The molecule has 0 saturated heterocycles. The number of hydrogen-bond acceptors (Lipinski definition) is 6. The number of unbranched alkanes of at least 4 members (excludes halogenated alkanes) is 25. The number of rotatable bonds is 46. The molecule has 0 amide bonds. The molecule has 0 aliphatic heterocycles. The summed E-state index contributed by atoms with van der Waals surface area (Å²) in [7, 11) is 0. The second kappa shape index (κ2) is 49.8. The van der Waals surface area contributed by atoms with Crippen LogP contribution in [0.1, 0.15) is 252 Å². The second-order valence-corrected chi connectivity index (χ2v) is 17.1. The molecule has 352 valence electrons. The van der Waals surface area contributed by atoms with E-state index in [4.69, 9.17) is 14.2 Å². The van der Waals surface area contributed by atoms with Crippen molar-refractivity contribution in [1.82, 2.24) is 0 Å². The summed E-state index contributed by atoms with van der Waals surface area (Å²) >= 11 is 0. The molecule has 0 rings (SSSR count). The van der Waals surface area contributed by atoms with Gasteiger partial charge in [-0.2, -0.15) is 0 Å². The third-order valence-corrected chi connectivity index (χ3v) is 11.0. The van der Waals surface area contributed by atoms with E-state index in [9.17, 15) is 14.4 Å². The molecule has 0 aromatic rings. The zero-order valence-corrected chi connectivity index (χ0v) is 40.2. The average molecular weight is 853 g/mol. The molecule has 0 radical (unpaired) electrons. The SMILES string of the molecule is CC/C=C\C/C=C\C/C=C\C/C=C\CCCCCCC(=O)OC[C@H](COC(=O)CCCCCCC/C=C\CCCC)OC(=O)CCCCCCCCCCCCCCCCC. The Balaban J connectivity index is 4.40. The minimum Gasteiger partial charge on any atom is -0.462 e. The maximum atomic E-state index is 12.8. The van der Waals surface area contributed by atoms with Gasteiger partial charge in [0.25, 0.3) is 0 Å². The van der Waals surface area contributed by atoms with Gasteiger partial charge in [-0.1, -0.05) is 216 Å². The van der Waals surface area contributed by atoms with E-state index in [0.717, 1.165) is 103 Å². The lowest BCUT2D eigenvalue weighted by Crippen LogP contribution is -2.30. The van der Waals surface area contributed by atoms with Crippen molar-refractivity contribution in [3.8, 4) is 0 Å². The lowest BCUT2D eigenvalue weighted by atomic mass is 10.0. The van der Waals surface area contributed by atoms with Crippen molar-refractivity contribution in [2.75, 3.05) is 13.2 Å². The molecule has 0 aromatic heterocycles. The Morgan fingerprint density at radius 2 is 0.656 bits per heavy atom. The van der Waals surface area contributed by atoms with Crippen LogP contribution in [0, 0.1) is 0 Å². The number of ether oxygens (including phenoxy) is 3. The van der Waals surface area contributed by atoms with Crippen LogP contribution >= 0.6 is 0 Å². The molecule has 0 spiro atoms. The number of carbonyl (C=O) groups excluding carboxylic acids is 3. The zero-order valence-electron chi connectivity index (χ0n) is 40.2. The molecule has 0 N–H and O–H groups in total. The largest absolute Gasteiger partial charge is 0.462 e. The van der Waals surface area contributed by atoms with Gasteiger partial charge in [-0.25, -0.2) is 0 Å². The number of carbonyl (C=O) groups is 3. The van der Waals surface area contributed by atoms with Crippen LogP contribution in [0.3, 0.4) is 0 Å². The van der Waals surface area contributed by atoms with Gasteiger partial charge in [0.05, 0.1) is 0 Å². The van der Waals surface area contributed by atoms with E-state index in [1.54, 1.807) is 0 Å². The predicted molar refractivity (Wildman–Crippen MR) is 261 cm³/mol. The summed E-state index contributed by atoms with van der Waals surface area (Å²) in [5.74, 6) is -0.913. The highest BCUT2D eigenvalue weighted by Crippen LogP contribution is 2.15. The lowest BCUT2D eigenvalue weighted by Gasteiger charge is -2.18. The van der Waals surface area contributed by atoms with Crippen molar-refractivity contribution in [2.45, 2.75) is 258 Å². The molecule has 1 atom stereocenters. The van der Waals surface area contributed by atoms with Crippen molar-refractivity contribution < 1.29 is 28.6 Å². The van der Waals surface area contributed by atoms with E-state index in [-0.39, 0.29) is 31.1 Å². The summed E-state index contributed by atoms with van der Waals surface area (Å²) in [6.07, 6.45) is 60.6. The van der Waals surface area contributed by atoms with E-state index < -0.39 is 6.10 Å². The highest BCUT2D eigenvalue weighted by atomic mass is 16.6. The maximum absolute atomic E-state index is 12.8. The molecule has 0 aromatic carbocycles. The summed E-state index contributed by atoms with van der Waals surface area (Å²) in [6, 6.07) is 0. The molecule has 61 heavy (non-hydrogen) atoms. The highest BCUT2D eigenvalue weighted by molar-refractivity contribution is 5.71. The van der Waals surface area contributed by atoms with Crippen LogP contribution in [0.25, 0.3) is 0 Å². The molecule has 0 aliphatic carbocycles. The molecule has 6 heteroatoms. The topological polar surface area (TPSA) is 78.9 Å². The van der Waals surface area contributed by atoms with Gasteiger partial charge in [0.15, 0.2) is 6.10 Å². The van der Waals surface area contributed by atoms with Crippen LogP contribution in [0.5, 0.6) is 0 Å². The van der Waals surface area contributed by atoms with Crippen molar-refractivity contribution in [3.05, 3.63) is 60.8 Å². The van der Waals surface area contributed by atoms with Crippen molar-refractivity contribution >= 4 is 17.9 Å². The molecule has 0 bridgehead atoms. The minimum absolute atomic E-state index is 0.0849. The molecule has 0 fully saturated rings. The predicted octanol–water partition coefficient (Wildman–Crippen LogP) is 16.9. The first-order valence-corrected chi connectivity index (χ1v) is 25.8. The number of allylic oxidation sites excluding steroid dienone is 10. The first-order chi connectivity index (χ1) is 30.0. The monoisotopic (exact) mass is 853 g/mol. The van der Waals surface area contributed by atoms with Gasteiger partial charge in [0.2, 0.25) is 0 Å². The standard InChI is InChI=1S/C55H96O6/c1-4-7-10-13-16-19-22-24-26-27-29-30-33-36-39-42-45-48-54(57)60-51-52(50-59-53(56)47-44-41-38-35-32-21-18-15-12-9-6-3)61-55(58)49-46-43-40-37-34-31-28-25-23-20-17-14-11-8-5-2/h7,10,15-16,18-19,24,26,29-30,52H,4-6,8-9,11-14,17,20-23,25,27-28,31-51H2,1-3H3/b10-7-,18-15-,19-16-,26-24-,30-29-/t52-/m0/s1. The van der Waals surface area contributed by atoms with E-state index in [1.165, 1.54) is 109 Å². The van der Waals surface area contributed by atoms with E-state index >= 15 is 0 Å². The Bertz CT molecular complexity index is 1120. The van der Waals surface area contributed by atoms with Gasteiger partial charge >= 0.3 is 17.9 Å². The highest BCUT2D eigenvalue weighted by Gasteiger charge is 2.19. The molecular formula is C55H96O6. The molecule has 0 heterocycles. The summed E-state index contributed by atoms with van der Waals surface area (Å²) in [5.41, 5.74) is 0. The van der Waals surface area contributed by atoms with Gasteiger partial charge in [-0.15, -0.1) is 0 Å². The quantitative estimate of drug-likeness (QED) is 0.0263. The second-order valence-electron chi connectivity index (χ2n) is 17.1. The smallest absolute Gasteiger partial charge is 0.306 e. The van der Waals surface area contributed by atoms with E-state index in [1.807, 2.05) is 0 Å². The Labute approximate surface area is 377 Å². The van der Waals surface area contributed by atoms with Crippen molar-refractivity contribution in [1.29, 1.82) is 0 Å². The van der Waals surface area contributed by atoms with Crippen LogP contribution in [0.2, 0.25) is 0 Å². The molecule has 0 saturated carbocycles. The fraction of sp³-hybridized carbons (Fsp3) is 0.764. The van der Waals surface area contributed by atoms with Gasteiger partial charge in [-0.05, 0) is 77.0 Å². The normalized spacial score (nSPS) is 12.5. The Hall–Kier alpha value is -2.89. The molecule has 0 unspecified atom stereocenters. The Morgan fingerprint density at radius 1 is 0.344 bits per heavy atom. The Kier molecular flexibility index (Phi) is 47.4.